The Hall–Kier alpha value is -1.55. The Morgan fingerprint density at radius 3 is 2.48 bits per heavy atom. The maximum absolute atomic E-state index is 12.2. The highest BCUT2D eigenvalue weighted by Crippen LogP contribution is 2.52. The van der Waals surface area contributed by atoms with E-state index < -0.39 is 49.4 Å². The topological polar surface area (TPSA) is 126 Å². The fourth-order valence-corrected chi connectivity index (χ4v) is 5.19. The molecule has 2 heterocycles. The predicted molar refractivity (Wildman–Crippen MR) is 100 cm³/mol. The third-order valence-corrected chi connectivity index (χ3v) is 6.89. The highest BCUT2D eigenvalue weighted by Gasteiger charge is 2.54. The van der Waals surface area contributed by atoms with E-state index in [1.54, 1.807) is 0 Å². The van der Waals surface area contributed by atoms with E-state index in [4.69, 9.17) is 14.2 Å². The number of rotatable bonds is 3. The Balaban J connectivity index is 1.60. The van der Waals surface area contributed by atoms with Gasteiger partial charge in [-0.1, -0.05) is 25.3 Å². The van der Waals surface area contributed by atoms with E-state index in [9.17, 15) is 25.2 Å². The molecule has 8 nitrogen and oxygen atoms in total. The van der Waals surface area contributed by atoms with Crippen molar-refractivity contribution in [1.29, 1.82) is 0 Å². The third kappa shape index (κ3) is 3.28. The average molecular weight is 408 g/mol. The van der Waals surface area contributed by atoms with Gasteiger partial charge in [-0.3, -0.25) is 0 Å². The number of fused-ring (bicyclic) bond motifs is 3. The van der Waals surface area contributed by atoms with E-state index in [0.717, 1.165) is 24.0 Å². The minimum Gasteiger partial charge on any atom is -0.458 e. The van der Waals surface area contributed by atoms with E-state index in [1.807, 2.05) is 0 Å². The van der Waals surface area contributed by atoms with Crippen LogP contribution in [0.1, 0.15) is 19.3 Å². The second-order valence-corrected chi connectivity index (χ2v) is 8.46. The van der Waals surface area contributed by atoms with Crippen molar-refractivity contribution < 1.29 is 39.4 Å². The van der Waals surface area contributed by atoms with Gasteiger partial charge in [-0.15, -0.1) is 0 Å². The van der Waals surface area contributed by atoms with Crippen LogP contribution in [0.25, 0.3) is 0 Å². The molecule has 10 unspecified atom stereocenters. The number of hydrogen-bond acceptors (Lipinski definition) is 8. The van der Waals surface area contributed by atoms with E-state index >= 15 is 0 Å². The summed E-state index contributed by atoms with van der Waals surface area (Å²) in [6, 6.07) is 0. The zero-order chi connectivity index (χ0) is 21.0. The van der Waals surface area contributed by atoms with Gasteiger partial charge in [0.25, 0.3) is 0 Å². The van der Waals surface area contributed by atoms with Crippen LogP contribution in [0.5, 0.6) is 0 Å². The summed E-state index contributed by atoms with van der Waals surface area (Å²) in [5, 5.41) is 39.8. The van der Waals surface area contributed by atoms with Gasteiger partial charge in [0, 0.05) is 17.4 Å². The van der Waals surface area contributed by atoms with Gasteiger partial charge in [0.15, 0.2) is 6.29 Å². The van der Waals surface area contributed by atoms with Crippen LogP contribution < -0.4 is 0 Å². The lowest BCUT2D eigenvalue weighted by atomic mass is 9.82. The lowest BCUT2D eigenvalue weighted by Crippen LogP contribution is -2.59. The lowest BCUT2D eigenvalue weighted by Gasteiger charge is -2.41. The van der Waals surface area contributed by atoms with Crippen LogP contribution in [0.15, 0.2) is 36.5 Å². The molecule has 0 spiro atoms. The first-order valence-corrected chi connectivity index (χ1v) is 9.96. The Bertz CT molecular complexity index is 730. The lowest BCUT2D eigenvalue weighted by molar-refractivity contribution is -0.309. The largest absolute Gasteiger partial charge is 0.458 e. The van der Waals surface area contributed by atoms with E-state index in [2.05, 4.69) is 19.7 Å². The molecule has 4 fully saturated rings. The molecule has 0 radical (unpaired) electrons. The number of carbonyl (C=O) groups is 1. The minimum absolute atomic E-state index is 0.00564. The number of hydrogen-bond donors (Lipinski definition) is 4. The highest BCUT2D eigenvalue weighted by atomic mass is 16.7. The van der Waals surface area contributed by atoms with Crippen LogP contribution in [-0.2, 0) is 19.0 Å². The quantitative estimate of drug-likeness (QED) is 0.288. The molecule has 29 heavy (non-hydrogen) atoms. The maximum atomic E-state index is 12.2. The zero-order valence-corrected chi connectivity index (χ0v) is 16.1. The predicted octanol–water partition coefficient (Wildman–Crippen LogP) is -0.188. The molecular formula is C21H28O8. The van der Waals surface area contributed by atoms with Gasteiger partial charge < -0.3 is 34.6 Å². The Morgan fingerprint density at radius 2 is 1.79 bits per heavy atom. The molecule has 0 bridgehead atoms. The van der Waals surface area contributed by atoms with Gasteiger partial charge in [0.2, 0.25) is 0 Å². The Morgan fingerprint density at radius 1 is 1.07 bits per heavy atom. The van der Waals surface area contributed by atoms with Gasteiger partial charge >= 0.3 is 5.97 Å². The second-order valence-electron chi connectivity index (χ2n) is 8.46. The normalized spacial score (nSPS) is 47.6. The first-order chi connectivity index (χ1) is 13.7. The number of aliphatic hydroxyl groups excluding tert-OH is 4. The molecule has 2 aliphatic heterocycles. The molecule has 2 aliphatic carbocycles. The second kappa shape index (κ2) is 7.61. The van der Waals surface area contributed by atoms with E-state index in [0.29, 0.717) is 12.0 Å². The Kier molecular flexibility index (Phi) is 5.43. The smallest absolute Gasteiger partial charge is 0.334 e. The summed E-state index contributed by atoms with van der Waals surface area (Å²) >= 11 is 0. The summed E-state index contributed by atoms with van der Waals surface area (Å²) < 4.78 is 17.2. The van der Waals surface area contributed by atoms with E-state index in [-0.39, 0.29) is 23.9 Å². The van der Waals surface area contributed by atoms with Gasteiger partial charge in [-0.2, -0.15) is 0 Å². The van der Waals surface area contributed by atoms with E-state index in [1.165, 1.54) is 0 Å². The van der Waals surface area contributed by atoms with Gasteiger partial charge in [0.1, 0.15) is 30.5 Å². The number of ether oxygens (including phenoxy) is 3. The van der Waals surface area contributed by atoms with Crippen LogP contribution >= 0.6 is 0 Å². The molecule has 4 rings (SSSR count). The van der Waals surface area contributed by atoms with Crippen LogP contribution in [-0.4, -0.2) is 75.9 Å². The van der Waals surface area contributed by atoms with Gasteiger partial charge in [-0.25, -0.2) is 4.79 Å². The molecule has 2 saturated heterocycles. The van der Waals surface area contributed by atoms with Crippen LogP contribution in [0.3, 0.4) is 0 Å². The Labute approximate surface area is 169 Å². The fraction of sp³-hybridized carbons (Fsp3) is 0.667. The first kappa shape index (κ1) is 20.7. The van der Waals surface area contributed by atoms with Gasteiger partial charge in [-0.05, 0) is 30.8 Å². The summed E-state index contributed by atoms with van der Waals surface area (Å²) in [5.74, 6) is -0.748. The van der Waals surface area contributed by atoms with Crippen molar-refractivity contribution in [2.45, 2.75) is 62.2 Å². The maximum Gasteiger partial charge on any atom is 0.334 e. The molecule has 0 amide bonds. The fourth-order valence-electron chi connectivity index (χ4n) is 5.19. The number of aliphatic hydroxyl groups is 4. The SMILES string of the molecule is C=C1C(=O)OC2C1CC(OC1OC(CO)C(O)C(O)C1O)C(=C)C1CCC(=C)C12. The molecule has 4 N–H and O–H groups in total. The monoisotopic (exact) mass is 408 g/mol. The summed E-state index contributed by atoms with van der Waals surface area (Å²) in [4.78, 5) is 12.2. The summed E-state index contributed by atoms with van der Waals surface area (Å²) in [6.07, 6.45) is -5.79. The zero-order valence-electron chi connectivity index (χ0n) is 16.1. The van der Waals surface area contributed by atoms with Crippen molar-refractivity contribution >= 4 is 5.97 Å². The summed E-state index contributed by atoms with van der Waals surface area (Å²) in [6.45, 7) is 11.7. The standard InChI is InChI=1S/C21H28O8/c1-8-4-5-11-9(2)13(6-12-10(3)20(26)29-19(12)15(8)11)27-21-18(25)17(24)16(23)14(7-22)28-21/h11-19,21-25H,1-7H2. The summed E-state index contributed by atoms with van der Waals surface area (Å²) in [5.41, 5.74) is 2.19. The first-order valence-electron chi connectivity index (χ1n) is 9.96. The van der Waals surface area contributed by atoms with Crippen molar-refractivity contribution in [3.8, 4) is 0 Å². The minimum atomic E-state index is -1.52. The third-order valence-electron chi connectivity index (χ3n) is 6.89. The van der Waals surface area contributed by atoms with Gasteiger partial charge in [0.05, 0.1) is 12.7 Å². The molecule has 0 aromatic rings. The summed E-state index contributed by atoms with van der Waals surface area (Å²) in [7, 11) is 0. The number of carbonyl (C=O) groups excluding carboxylic acids is 1. The molecule has 0 aromatic carbocycles. The highest BCUT2D eigenvalue weighted by molar-refractivity contribution is 5.91. The average Bonchev–Trinajstić information content (AvgIpc) is 3.17. The van der Waals surface area contributed by atoms with Crippen LogP contribution in [0.2, 0.25) is 0 Å². The molecule has 8 heteroatoms. The van der Waals surface area contributed by atoms with Crippen molar-refractivity contribution in [2.24, 2.45) is 17.8 Å². The molecule has 4 aliphatic rings. The molecular weight excluding hydrogens is 380 g/mol. The van der Waals surface area contributed by atoms with Crippen LogP contribution in [0.4, 0.5) is 0 Å². The number of esters is 1. The molecule has 2 saturated carbocycles. The molecule has 0 aromatic heterocycles. The van der Waals surface area contributed by atoms with Crippen LogP contribution in [0, 0.1) is 17.8 Å². The van der Waals surface area contributed by atoms with Crippen molar-refractivity contribution in [2.75, 3.05) is 6.61 Å². The van der Waals surface area contributed by atoms with Crippen molar-refractivity contribution in [1.82, 2.24) is 0 Å². The van der Waals surface area contributed by atoms with Crippen molar-refractivity contribution in [3.05, 3.63) is 36.5 Å². The molecule has 10 atom stereocenters. The van der Waals surface area contributed by atoms with Crippen molar-refractivity contribution in [3.63, 3.8) is 0 Å². The molecule has 160 valence electrons.